The van der Waals surface area contributed by atoms with E-state index in [0.717, 1.165) is 4.88 Å². The molecular formula is C9H13N3O2S. The third kappa shape index (κ3) is 4.09. The maximum absolute atomic E-state index is 10.8. The molecule has 1 aromatic heterocycles. The molecule has 0 bridgehead atoms. The molecule has 6 heteroatoms. The lowest BCUT2D eigenvalue weighted by atomic mass is 10.3. The molecule has 0 aromatic carbocycles. The number of amides is 2. The maximum atomic E-state index is 10.8. The fourth-order valence-electron chi connectivity index (χ4n) is 1.03. The molecule has 0 unspecified atom stereocenters. The molecule has 0 aliphatic heterocycles. The van der Waals surface area contributed by atoms with Crippen molar-refractivity contribution in [3.8, 4) is 0 Å². The van der Waals surface area contributed by atoms with Crippen LogP contribution in [0.25, 0.3) is 0 Å². The summed E-state index contributed by atoms with van der Waals surface area (Å²) >= 11 is 1.46. The Kier molecular flexibility index (Phi) is 4.26. The summed E-state index contributed by atoms with van der Waals surface area (Å²) in [7, 11) is 0. The van der Waals surface area contributed by atoms with Crippen LogP contribution < -0.4 is 16.8 Å². The van der Waals surface area contributed by atoms with E-state index in [1.54, 1.807) is 11.4 Å². The van der Waals surface area contributed by atoms with Crippen LogP contribution in [0.5, 0.6) is 0 Å². The summed E-state index contributed by atoms with van der Waals surface area (Å²) in [5.41, 5.74) is 10.6. The van der Waals surface area contributed by atoms with Gasteiger partial charge in [0, 0.05) is 29.8 Å². The molecule has 1 heterocycles. The third-order valence-electron chi connectivity index (χ3n) is 1.79. The minimum Gasteiger partial charge on any atom is -0.370 e. The van der Waals surface area contributed by atoms with Gasteiger partial charge in [-0.15, -0.1) is 11.3 Å². The van der Waals surface area contributed by atoms with E-state index in [1.807, 2.05) is 0 Å². The molecule has 0 aliphatic carbocycles. The summed E-state index contributed by atoms with van der Waals surface area (Å²) in [5, 5.41) is 4.76. The van der Waals surface area contributed by atoms with Gasteiger partial charge in [0.1, 0.15) is 0 Å². The molecule has 0 fully saturated rings. The lowest BCUT2D eigenvalue weighted by Gasteiger charge is -1.99. The van der Waals surface area contributed by atoms with Gasteiger partial charge in [0.25, 0.3) is 0 Å². The van der Waals surface area contributed by atoms with Crippen molar-refractivity contribution in [1.29, 1.82) is 0 Å². The largest absolute Gasteiger partial charge is 0.370 e. The maximum Gasteiger partial charge on any atom is 0.249 e. The lowest BCUT2D eigenvalue weighted by molar-refractivity contribution is -0.117. The van der Waals surface area contributed by atoms with Gasteiger partial charge in [0.15, 0.2) is 0 Å². The van der Waals surface area contributed by atoms with Crippen LogP contribution in [0.15, 0.2) is 11.4 Å². The first-order chi connectivity index (χ1) is 7.09. The van der Waals surface area contributed by atoms with Crippen molar-refractivity contribution >= 4 is 23.2 Å². The number of nitrogens with one attached hydrogen (secondary N) is 1. The highest BCUT2D eigenvalue weighted by atomic mass is 32.1. The average molecular weight is 227 g/mol. The Morgan fingerprint density at radius 3 is 2.67 bits per heavy atom. The van der Waals surface area contributed by atoms with E-state index in [0.29, 0.717) is 25.1 Å². The fourth-order valence-corrected chi connectivity index (χ4v) is 1.87. The van der Waals surface area contributed by atoms with Crippen LogP contribution in [0, 0.1) is 0 Å². The van der Waals surface area contributed by atoms with Gasteiger partial charge < -0.3 is 16.8 Å². The highest BCUT2D eigenvalue weighted by Crippen LogP contribution is 2.13. The molecule has 1 aromatic rings. The van der Waals surface area contributed by atoms with Gasteiger partial charge in [0.2, 0.25) is 11.8 Å². The summed E-state index contributed by atoms with van der Waals surface area (Å²) in [6.45, 7) is 1.16. The van der Waals surface area contributed by atoms with E-state index in [4.69, 9.17) is 11.5 Å². The Bertz CT molecular complexity index is 362. The standard InChI is InChI=1S/C9H13N3O2S/c10-8(13)1-2-12-4-7-3-6(5-15-7)9(11)14/h3,5,12H,1-2,4H2,(H2,10,13)(H2,11,14). The number of hydrogen-bond donors (Lipinski definition) is 3. The first-order valence-corrected chi connectivity index (χ1v) is 5.34. The van der Waals surface area contributed by atoms with Crippen molar-refractivity contribution in [1.82, 2.24) is 5.32 Å². The van der Waals surface area contributed by atoms with Gasteiger partial charge in [-0.05, 0) is 6.07 Å². The second-order valence-electron chi connectivity index (χ2n) is 3.06. The smallest absolute Gasteiger partial charge is 0.249 e. The predicted molar refractivity (Wildman–Crippen MR) is 58.4 cm³/mol. The van der Waals surface area contributed by atoms with Crippen molar-refractivity contribution in [2.75, 3.05) is 6.54 Å². The Morgan fingerprint density at radius 2 is 2.13 bits per heavy atom. The highest BCUT2D eigenvalue weighted by Gasteiger charge is 2.04. The van der Waals surface area contributed by atoms with E-state index in [1.165, 1.54) is 11.3 Å². The fraction of sp³-hybridized carbons (Fsp3) is 0.333. The number of carbonyl (C=O) groups is 2. The molecule has 0 aliphatic rings. The van der Waals surface area contributed by atoms with Crippen LogP contribution in [-0.2, 0) is 11.3 Å². The van der Waals surface area contributed by atoms with Crippen molar-refractivity contribution in [2.45, 2.75) is 13.0 Å². The zero-order chi connectivity index (χ0) is 11.3. The van der Waals surface area contributed by atoms with Crippen LogP contribution in [0.1, 0.15) is 21.7 Å². The molecule has 2 amide bonds. The predicted octanol–water partition coefficient (Wildman–Crippen LogP) is -0.188. The first-order valence-electron chi connectivity index (χ1n) is 4.46. The van der Waals surface area contributed by atoms with Gasteiger partial charge >= 0.3 is 0 Å². The molecule has 0 atom stereocenters. The van der Waals surface area contributed by atoms with Crippen molar-refractivity contribution < 1.29 is 9.59 Å². The van der Waals surface area contributed by atoms with Gasteiger partial charge in [-0.25, -0.2) is 0 Å². The molecule has 1 rings (SSSR count). The van der Waals surface area contributed by atoms with E-state index in [-0.39, 0.29) is 5.91 Å². The second kappa shape index (κ2) is 5.47. The van der Waals surface area contributed by atoms with Crippen molar-refractivity contribution in [3.63, 3.8) is 0 Å². The van der Waals surface area contributed by atoms with Crippen molar-refractivity contribution in [2.24, 2.45) is 11.5 Å². The van der Waals surface area contributed by atoms with Crippen LogP contribution in [-0.4, -0.2) is 18.4 Å². The number of primary amides is 2. The molecule has 0 spiro atoms. The van der Waals surface area contributed by atoms with Gasteiger partial charge in [-0.2, -0.15) is 0 Å². The zero-order valence-corrected chi connectivity index (χ0v) is 8.97. The van der Waals surface area contributed by atoms with E-state index in [9.17, 15) is 9.59 Å². The molecular weight excluding hydrogens is 214 g/mol. The first kappa shape index (κ1) is 11.7. The highest BCUT2D eigenvalue weighted by molar-refractivity contribution is 7.10. The molecule has 15 heavy (non-hydrogen) atoms. The molecule has 0 saturated carbocycles. The van der Waals surface area contributed by atoms with Gasteiger partial charge in [-0.3, -0.25) is 9.59 Å². The zero-order valence-electron chi connectivity index (χ0n) is 8.16. The summed E-state index contributed by atoms with van der Waals surface area (Å²) in [4.78, 5) is 22.2. The topological polar surface area (TPSA) is 98.2 Å². The minimum absolute atomic E-state index is 0.314. The quantitative estimate of drug-likeness (QED) is 0.587. The summed E-state index contributed by atoms with van der Waals surface area (Å²) in [6, 6.07) is 1.74. The van der Waals surface area contributed by atoms with Gasteiger partial charge in [-0.1, -0.05) is 0 Å². The van der Waals surface area contributed by atoms with Crippen LogP contribution in [0.2, 0.25) is 0 Å². The number of rotatable bonds is 6. The second-order valence-corrected chi connectivity index (χ2v) is 4.05. The van der Waals surface area contributed by atoms with E-state index >= 15 is 0 Å². The molecule has 82 valence electrons. The molecule has 5 N–H and O–H groups in total. The summed E-state index contributed by atoms with van der Waals surface area (Å²) < 4.78 is 0. The molecule has 0 radical (unpaired) electrons. The van der Waals surface area contributed by atoms with Crippen LogP contribution >= 0.6 is 11.3 Å². The number of thiophene rings is 1. The number of hydrogen-bond acceptors (Lipinski definition) is 4. The van der Waals surface area contributed by atoms with Crippen LogP contribution in [0.3, 0.4) is 0 Å². The van der Waals surface area contributed by atoms with E-state index in [2.05, 4.69) is 5.32 Å². The summed E-state index contributed by atoms with van der Waals surface area (Å²) in [6.07, 6.45) is 0.314. The van der Waals surface area contributed by atoms with Crippen molar-refractivity contribution in [3.05, 3.63) is 21.9 Å². The normalized spacial score (nSPS) is 10.1. The lowest BCUT2D eigenvalue weighted by Crippen LogP contribution is -2.21. The SMILES string of the molecule is NC(=O)CCNCc1cc(C(N)=O)cs1. The Labute approximate surface area is 91.4 Å². The summed E-state index contributed by atoms with van der Waals surface area (Å²) in [5.74, 6) is -0.749. The molecule has 0 saturated heterocycles. The minimum atomic E-state index is -0.422. The Hall–Kier alpha value is -1.40. The average Bonchev–Trinajstić information content (AvgIpc) is 2.60. The third-order valence-corrected chi connectivity index (χ3v) is 2.72. The Morgan fingerprint density at radius 1 is 1.40 bits per heavy atom. The monoisotopic (exact) mass is 227 g/mol. The Balaban J connectivity index is 2.31. The van der Waals surface area contributed by atoms with E-state index < -0.39 is 5.91 Å². The molecule has 5 nitrogen and oxygen atoms in total. The number of carbonyl (C=O) groups excluding carboxylic acids is 2. The van der Waals surface area contributed by atoms with Crippen LogP contribution in [0.4, 0.5) is 0 Å². The number of nitrogens with two attached hydrogens (primary N) is 2. The van der Waals surface area contributed by atoms with Gasteiger partial charge in [0.05, 0.1) is 5.56 Å².